The monoisotopic (exact) mass is 275 g/mol. The molecule has 0 saturated heterocycles. The molecule has 3 nitrogen and oxygen atoms in total. The largest absolute Gasteiger partial charge is 0.468 e. The first-order valence-electron chi connectivity index (χ1n) is 6.75. The van der Waals surface area contributed by atoms with Crippen LogP contribution in [0.15, 0.2) is 0 Å². The molecule has 0 aromatic carbocycles. The van der Waals surface area contributed by atoms with E-state index < -0.39 is 5.54 Å². The van der Waals surface area contributed by atoms with Gasteiger partial charge in [0.05, 0.1) is 7.11 Å². The molecule has 0 aromatic heterocycles. The third-order valence-electron chi connectivity index (χ3n) is 2.66. The molecule has 1 atom stereocenters. The van der Waals surface area contributed by atoms with Crippen LogP contribution in [0.5, 0.6) is 0 Å². The van der Waals surface area contributed by atoms with Gasteiger partial charge in [-0.1, -0.05) is 13.8 Å². The van der Waals surface area contributed by atoms with Crippen LogP contribution in [0.4, 0.5) is 0 Å². The molecule has 0 aromatic rings. The maximum absolute atomic E-state index is 11.8. The average molecular weight is 275 g/mol. The SMILES string of the molecule is COC(=O)C(C)(CCCSCC(C)C)NC(C)C. The number of rotatable bonds is 9. The number of carbonyl (C=O) groups excluding carboxylic acids is 1. The van der Waals surface area contributed by atoms with Crippen LogP contribution in [-0.2, 0) is 9.53 Å². The van der Waals surface area contributed by atoms with Crippen molar-refractivity contribution in [2.24, 2.45) is 5.92 Å². The molecule has 0 radical (unpaired) electrons. The molecule has 0 fully saturated rings. The molecule has 4 heteroatoms. The third kappa shape index (κ3) is 7.27. The van der Waals surface area contributed by atoms with E-state index in [1.165, 1.54) is 12.9 Å². The summed E-state index contributed by atoms with van der Waals surface area (Å²) in [7, 11) is 1.45. The summed E-state index contributed by atoms with van der Waals surface area (Å²) in [5.74, 6) is 2.86. The zero-order valence-corrected chi connectivity index (χ0v) is 13.5. The van der Waals surface area contributed by atoms with E-state index in [2.05, 4.69) is 33.0 Å². The minimum atomic E-state index is -0.554. The first-order valence-corrected chi connectivity index (χ1v) is 7.91. The molecule has 18 heavy (non-hydrogen) atoms. The van der Waals surface area contributed by atoms with Crippen molar-refractivity contribution in [1.29, 1.82) is 0 Å². The summed E-state index contributed by atoms with van der Waals surface area (Å²) in [6.07, 6.45) is 1.85. The van der Waals surface area contributed by atoms with Crippen LogP contribution in [0.2, 0.25) is 0 Å². The molecular formula is C14H29NO2S. The Hall–Kier alpha value is -0.220. The highest BCUT2D eigenvalue weighted by Gasteiger charge is 2.33. The molecule has 0 amide bonds. The fourth-order valence-electron chi connectivity index (χ4n) is 1.94. The van der Waals surface area contributed by atoms with Crippen molar-refractivity contribution in [3.63, 3.8) is 0 Å². The molecule has 0 saturated carbocycles. The van der Waals surface area contributed by atoms with Crippen LogP contribution in [0, 0.1) is 5.92 Å². The van der Waals surface area contributed by atoms with E-state index in [0.717, 1.165) is 24.5 Å². The van der Waals surface area contributed by atoms with Crippen LogP contribution >= 0.6 is 11.8 Å². The van der Waals surface area contributed by atoms with Crippen molar-refractivity contribution in [2.45, 2.75) is 59.0 Å². The number of esters is 1. The second-order valence-corrected chi connectivity index (χ2v) is 6.84. The fraction of sp³-hybridized carbons (Fsp3) is 0.929. The maximum Gasteiger partial charge on any atom is 0.325 e. The van der Waals surface area contributed by atoms with E-state index in [1.54, 1.807) is 0 Å². The van der Waals surface area contributed by atoms with E-state index in [-0.39, 0.29) is 12.0 Å². The summed E-state index contributed by atoms with van der Waals surface area (Å²) in [4.78, 5) is 11.8. The summed E-state index contributed by atoms with van der Waals surface area (Å²) in [6, 6.07) is 0.275. The predicted molar refractivity (Wildman–Crippen MR) is 80.1 cm³/mol. The van der Waals surface area contributed by atoms with Crippen molar-refractivity contribution >= 4 is 17.7 Å². The summed E-state index contributed by atoms with van der Waals surface area (Å²) >= 11 is 1.96. The molecule has 0 heterocycles. The lowest BCUT2D eigenvalue weighted by atomic mass is 9.95. The third-order valence-corrected chi connectivity index (χ3v) is 4.14. The minimum absolute atomic E-state index is 0.162. The van der Waals surface area contributed by atoms with Gasteiger partial charge >= 0.3 is 5.97 Å². The normalized spacial score (nSPS) is 14.9. The van der Waals surface area contributed by atoms with E-state index in [1.807, 2.05) is 18.7 Å². The number of nitrogens with one attached hydrogen (secondary N) is 1. The Bertz CT molecular complexity index is 244. The summed E-state index contributed by atoms with van der Waals surface area (Å²) in [6.45, 7) is 10.5. The van der Waals surface area contributed by atoms with Gasteiger partial charge in [0.25, 0.3) is 0 Å². The zero-order chi connectivity index (χ0) is 14.2. The standard InChI is InChI=1S/C14H29NO2S/c1-11(2)10-18-9-7-8-14(5,13(16)17-6)15-12(3)4/h11-12,15H,7-10H2,1-6H3. The van der Waals surface area contributed by atoms with Gasteiger partial charge in [0, 0.05) is 6.04 Å². The quantitative estimate of drug-likeness (QED) is 0.518. The molecule has 108 valence electrons. The Morgan fingerprint density at radius 3 is 2.39 bits per heavy atom. The highest BCUT2D eigenvalue weighted by molar-refractivity contribution is 7.99. The van der Waals surface area contributed by atoms with E-state index >= 15 is 0 Å². The molecule has 0 aliphatic heterocycles. The van der Waals surface area contributed by atoms with Crippen molar-refractivity contribution < 1.29 is 9.53 Å². The Morgan fingerprint density at radius 1 is 1.33 bits per heavy atom. The molecule has 0 spiro atoms. The number of carbonyl (C=O) groups is 1. The maximum atomic E-state index is 11.8. The highest BCUT2D eigenvalue weighted by atomic mass is 32.2. The lowest BCUT2D eigenvalue weighted by molar-refractivity contribution is -0.148. The van der Waals surface area contributed by atoms with Gasteiger partial charge in [-0.15, -0.1) is 0 Å². The number of ether oxygens (including phenoxy) is 1. The first kappa shape index (κ1) is 17.8. The van der Waals surface area contributed by atoms with Crippen molar-refractivity contribution in [1.82, 2.24) is 5.32 Å². The predicted octanol–water partition coefficient (Wildman–Crippen LogP) is 3.09. The number of hydrogen-bond donors (Lipinski definition) is 1. The number of thioether (sulfide) groups is 1. The fourth-order valence-corrected chi connectivity index (χ4v) is 2.93. The van der Waals surface area contributed by atoms with E-state index in [4.69, 9.17) is 4.74 Å². The van der Waals surface area contributed by atoms with Crippen LogP contribution in [0.3, 0.4) is 0 Å². The van der Waals surface area contributed by atoms with Gasteiger partial charge < -0.3 is 4.74 Å². The molecule has 1 N–H and O–H groups in total. The van der Waals surface area contributed by atoms with Gasteiger partial charge in [0.15, 0.2) is 0 Å². The second-order valence-electron chi connectivity index (χ2n) is 5.70. The van der Waals surface area contributed by atoms with Crippen LogP contribution in [-0.4, -0.2) is 36.2 Å². The first-order chi connectivity index (χ1) is 8.31. The van der Waals surface area contributed by atoms with E-state index in [9.17, 15) is 4.79 Å². The van der Waals surface area contributed by atoms with Crippen LogP contribution < -0.4 is 5.32 Å². The molecule has 1 unspecified atom stereocenters. The zero-order valence-electron chi connectivity index (χ0n) is 12.7. The van der Waals surface area contributed by atoms with Gasteiger partial charge in [-0.3, -0.25) is 10.1 Å². The topological polar surface area (TPSA) is 38.3 Å². The van der Waals surface area contributed by atoms with E-state index in [0.29, 0.717) is 0 Å². The summed E-state index contributed by atoms with van der Waals surface area (Å²) in [5.41, 5.74) is -0.554. The van der Waals surface area contributed by atoms with Gasteiger partial charge in [0.2, 0.25) is 0 Å². The summed E-state index contributed by atoms with van der Waals surface area (Å²) < 4.78 is 4.90. The van der Waals surface area contributed by atoms with Gasteiger partial charge in [0.1, 0.15) is 5.54 Å². The Kier molecular flexibility index (Phi) is 8.70. The Morgan fingerprint density at radius 2 is 1.94 bits per heavy atom. The van der Waals surface area contributed by atoms with Crippen LogP contribution in [0.1, 0.15) is 47.5 Å². The number of methoxy groups -OCH3 is 1. The average Bonchev–Trinajstić information content (AvgIpc) is 2.26. The van der Waals surface area contributed by atoms with Gasteiger partial charge in [-0.2, -0.15) is 11.8 Å². The molecule has 0 rings (SSSR count). The van der Waals surface area contributed by atoms with Crippen molar-refractivity contribution in [3.05, 3.63) is 0 Å². The Balaban J connectivity index is 4.13. The van der Waals surface area contributed by atoms with Gasteiger partial charge in [-0.05, 0) is 51.0 Å². The van der Waals surface area contributed by atoms with Crippen molar-refractivity contribution in [2.75, 3.05) is 18.6 Å². The number of hydrogen-bond acceptors (Lipinski definition) is 4. The molecular weight excluding hydrogens is 246 g/mol. The lowest BCUT2D eigenvalue weighted by Crippen LogP contribution is -2.53. The summed E-state index contributed by atoms with van der Waals surface area (Å²) in [5, 5.41) is 3.32. The highest BCUT2D eigenvalue weighted by Crippen LogP contribution is 2.18. The second kappa shape index (κ2) is 8.81. The van der Waals surface area contributed by atoms with Crippen LogP contribution in [0.25, 0.3) is 0 Å². The molecule has 0 aliphatic carbocycles. The molecule has 0 aliphatic rings. The molecule has 0 bridgehead atoms. The lowest BCUT2D eigenvalue weighted by Gasteiger charge is -2.30. The minimum Gasteiger partial charge on any atom is -0.468 e. The smallest absolute Gasteiger partial charge is 0.325 e. The van der Waals surface area contributed by atoms with Gasteiger partial charge in [-0.25, -0.2) is 0 Å². The van der Waals surface area contributed by atoms with Crippen molar-refractivity contribution in [3.8, 4) is 0 Å². The Labute approximate surface area is 116 Å².